The lowest BCUT2D eigenvalue weighted by Crippen LogP contribution is -2.49. The molecular weight excluding hydrogens is 444 g/mol. The van der Waals surface area contributed by atoms with Crippen molar-refractivity contribution in [3.05, 3.63) is 60.2 Å². The van der Waals surface area contributed by atoms with Crippen LogP contribution in [0.1, 0.15) is 32.4 Å². The minimum absolute atomic E-state index is 0.0873. The Kier molecular flexibility index (Phi) is 8.59. The number of benzene rings is 2. The van der Waals surface area contributed by atoms with E-state index < -0.39 is 0 Å². The number of fused-ring (bicyclic) bond motifs is 1. The van der Waals surface area contributed by atoms with Crippen LogP contribution in [-0.2, 0) is 14.2 Å². The molecule has 0 bridgehead atoms. The molecule has 1 saturated heterocycles. The highest BCUT2D eigenvalue weighted by Crippen LogP contribution is 2.43. The molecule has 0 aromatic heterocycles. The first-order valence-corrected chi connectivity index (χ1v) is 13.3. The molecule has 4 unspecified atom stereocenters. The fourth-order valence-electron chi connectivity index (χ4n) is 4.94. The Bertz CT molecular complexity index is 892. The minimum atomic E-state index is 0.0873. The maximum absolute atomic E-state index is 6.33. The third kappa shape index (κ3) is 6.16. The van der Waals surface area contributed by atoms with Crippen LogP contribution in [0.25, 0.3) is 0 Å². The van der Waals surface area contributed by atoms with Crippen molar-refractivity contribution in [1.29, 1.82) is 0 Å². The van der Waals surface area contributed by atoms with Crippen LogP contribution < -0.4 is 4.90 Å². The molecule has 1 fully saturated rings. The van der Waals surface area contributed by atoms with Gasteiger partial charge in [-0.2, -0.15) is 0 Å². The first-order valence-electron chi connectivity index (χ1n) is 12.3. The minimum Gasteiger partial charge on any atom is -0.379 e. The van der Waals surface area contributed by atoms with E-state index in [4.69, 9.17) is 14.2 Å². The molecule has 0 aliphatic carbocycles. The monoisotopic (exact) mass is 484 g/mol. The predicted molar refractivity (Wildman–Crippen MR) is 141 cm³/mol. The van der Waals surface area contributed by atoms with Gasteiger partial charge in [-0.05, 0) is 23.1 Å². The van der Waals surface area contributed by atoms with E-state index in [9.17, 15) is 0 Å². The van der Waals surface area contributed by atoms with Crippen LogP contribution in [0.3, 0.4) is 0 Å². The van der Waals surface area contributed by atoms with Gasteiger partial charge in [0.05, 0.1) is 43.2 Å². The van der Waals surface area contributed by atoms with E-state index >= 15 is 0 Å². The number of nitrogens with zero attached hydrogens (tertiary/aromatic N) is 2. The van der Waals surface area contributed by atoms with Gasteiger partial charge in [0.25, 0.3) is 0 Å². The molecule has 4 atom stereocenters. The average molecular weight is 485 g/mol. The van der Waals surface area contributed by atoms with Crippen LogP contribution in [0.15, 0.2) is 59.5 Å². The topological polar surface area (TPSA) is 34.2 Å². The molecule has 2 aliphatic heterocycles. The molecule has 34 heavy (non-hydrogen) atoms. The van der Waals surface area contributed by atoms with Crippen molar-refractivity contribution in [2.75, 3.05) is 57.7 Å². The normalized spacial score (nSPS) is 24.3. The zero-order chi connectivity index (χ0) is 24.1. The van der Waals surface area contributed by atoms with Crippen molar-refractivity contribution < 1.29 is 14.2 Å². The highest BCUT2D eigenvalue weighted by atomic mass is 32.2. The third-order valence-corrected chi connectivity index (χ3v) is 7.89. The number of rotatable bonds is 9. The van der Waals surface area contributed by atoms with Gasteiger partial charge < -0.3 is 19.1 Å². The molecule has 0 N–H and O–H groups in total. The smallest absolute Gasteiger partial charge is 0.0971 e. The summed E-state index contributed by atoms with van der Waals surface area (Å²) in [7, 11) is 3.57. The second-order valence-corrected chi connectivity index (χ2v) is 11.7. The number of hydrogen-bond acceptors (Lipinski definition) is 6. The lowest BCUT2D eigenvalue weighted by atomic mass is 9.99. The molecule has 0 spiro atoms. The van der Waals surface area contributed by atoms with Gasteiger partial charge in [0.2, 0.25) is 0 Å². The Hall–Kier alpha value is -1.57. The first-order chi connectivity index (χ1) is 16.4. The van der Waals surface area contributed by atoms with Gasteiger partial charge in [-0.1, -0.05) is 63.2 Å². The fraction of sp³-hybridized carbons (Fsp3) is 0.571. The van der Waals surface area contributed by atoms with Crippen molar-refractivity contribution >= 4 is 17.4 Å². The summed E-state index contributed by atoms with van der Waals surface area (Å²) in [5.74, 6) is 1.04. The summed E-state index contributed by atoms with van der Waals surface area (Å²) in [4.78, 5) is 6.47. The van der Waals surface area contributed by atoms with Crippen molar-refractivity contribution in [2.45, 2.75) is 50.0 Å². The number of ether oxygens (including phenoxy) is 3. The molecule has 6 heteroatoms. The maximum atomic E-state index is 6.33. The average Bonchev–Trinajstić information content (AvgIpc) is 3.27. The predicted octanol–water partition coefficient (Wildman–Crippen LogP) is 5.12. The summed E-state index contributed by atoms with van der Waals surface area (Å²) in [6.45, 7) is 10.7. The summed E-state index contributed by atoms with van der Waals surface area (Å²) >= 11 is 1.96. The molecule has 0 saturated carbocycles. The molecule has 186 valence electrons. The molecule has 5 nitrogen and oxygen atoms in total. The lowest BCUT2D eigenvalue weighted by Gasteiger charge is -2.42. The zero-order valence-corrected chi connectivity index (χ0v) is 22.1. The van der Waals surface area contributed by atoms with E-state index in [1.165, 1.54) is 16.1 Å². The van der Waals surface area contributed by atoms with Gasteiger partial charge in [-0.3, -0.25) is 4.90 Å². The second kappa shape index (κ2) is 11.4. The number of thioether (sulfide) groups is 1. The summed E-state index contributed by atoms with van der Waals surface area (Å²) < 4.78 is 17.9. The van der Waals surface area contributed by atoms with Crippen LogP contribution >= 0.6 is 11.8 Å². The van der Waals surface area contributed by atoms with Crippen LogP contribution in [0.4, 0.5) is 5.69 Å². The number of methoxy groups -OCH3 is 2. The quantitative estimate of drug-likeness (QED) is 0.492. The van der Waals surface area contributed by atoms with Gasteiger partial charge in [0.1, 0.15) is 0 Å². The largest absolute Gasteiger partial charge is 0.379 e. The Morgan fingerprint density at radius 2 is 1.59 bits per heavy atom. The summed E-state index contributed by atoms with van der Waals surface area (Å²) in [6, 6.07) is 20.3. The lowest BCUT2D eigenvalue weighted by molar-refractivity contribution is -0.00461. The number of likely N-dealkylation sites (tertiary alicyclic amines) is 1. The summed E-state index contributed by atoms with van der Waals surface area (Å²) in [5, 5.41) is 0. The summed E-state index contributed by atoms with van der Waals surface area (Å²) in [6.07, 6.45) is 0.175. The molecular formula is C28H40N2O3S. The number of hydrogen-bond donors (Lipinski definition) is 0. The maximum Gasteiger partial charge on any atom is 0.0971 e. The molecule has 0 amide bonds. The zero-order valence-electron chi connectivity index (χ0n) is 21.3. The SMILES string of the molecule is COC1CN(C(COCC(C)(C)C)CN2c3ccccc3SCC2c2ccccc2)CC1OC. The molecule has 2 aromatic rings. The van der Waals surface area contributed by atoms with E-state index in [2.05, 4.69) is 85.2 Å². The standard InChI is InChI=1S/C28H40N2O3S/c1-28(2,3)20-33-18-22(29-16-25(31-4)26(17-29)32-5)15-30-23-13-9-10-14-27(23)34-19-24(30)21-11-7-6-8-12-21/h6-14,22,24-26H,15-20H2,1-5H3. The Morgan fingerprint density at radius 1 is 0.941 bits per heavy atom. The van der Waals surface area contributed by atoms with E-state index in [-0.39, 0.29) is 23.7 Å². The van der Waals surface area contributed by atoms with Gasteiger partial charge in [-0.25, -0.2) is 0 Å². The van der Waals surface area contributed by atoms with E-state index in [1.807, 2.05) is 11.8 Å². The first kappa shape index (κ1) is 25.5. The van der Waals surface area contributed by atoms with E-state index in [1.54, 1.807) is 14.2 Å². The Labute approximate surface area is 209 Å². The van der Waals surface area contributed by atoms with E-state index in [0.717, 1.165) is 32.0 Å². The van der Waals surface area contributed by atoms with Crippen molar-refractivity contribution in [2.24, 2.45) is 5.41 Å². The number of para-hydroxylation sites is 1. The fourth-order valence-corrected chi connectivity index (χ4v) is 6.16. The molecule has 0 radical (unpaired) electrons. The van der Waals surface area contributed by atoms with Gasteiger partial charge in [0, 0.05) is 44.5 Å². The van der Waals surface area contributed by atoms with Crippen molar-refractivity contribution in [3.63, 3.8) is 0 Å². The van der Waals surface area contributed by atoms with Crippen LogP contribution in [0.5, 0.6) is 0 Å². The highest BCUT2D eigenvalue weighted by Gasteiger charge is 2.39. The van der Waals surface area contributed by atoms with Crippen LogP contribution in [0.2, 0.25) is 0 Å². The number of anilines is 1. The molecule has 2 heterocycles. The van der Waals surface area contributed by atoms with Crippen LogP contribution in [0, 0.1) is 5.41 Å². The molecule has 2 aromatic carbocycles. The highest BCUT2D eigenvalue weighted by molar-refractivity contribution is 7.99. The third-order valence-electron chi connectivity index (χ3n) is 6.75. The second-order valence-electron chi connectivity index (χ2n) is 10.6. The van der Waals surface area contributed by atoms with Crippen LogP contribution in [-0.4, -0.2) is 76.0 Å². The molecule has 4 rings (SSSR count). The van der Waals surface area contributed by atoms with Crippen molar-refractivity contribution in [1.82, 2.24) is 4.90 Å². The van der Waals surface area contributed by atoms with Gasteiger partial charge >= 0.3 is 0 Å². The van der Waals surface area contributed by atoms with Gasteiger partial charge in [0.15, 0.2) is 0 Å². The van der Waals surface area contributed by atoms with E-state index in [0.29, 0.717) is 12.6 Å². The Morgan fingerprint density at radius 3 is 2.24 bits per heavy atom. The summed E-state index contributed by atoms with van der Waals surface area (Å²) in [5.41, 5.74) is 2.82. The molecule has 2 aliphatic rings. The van der Waals surface area contributed by atoms with Crippen molar-refractivity contribution in [3.8, 4) is 0 Å². The Balaban J connectivity index is 1.61. The van der Waals surface area contributed by atoms with Gasteiger partial charge in [-0.15, -0.1) is 11.8 Å².